The standard InChI is InChI=1S/C18H33N3O2/c1-20(2)13-15-6-10-21(14-15)17(22)19-16-7-11-23-18(12-16)8-4-3-5-9-18/h15-16H,3-14H2,1-2H3,(H,19,22)/t15-,16-/m0/s1. The summed E-state index contributed by atoms with van der Waals surface area (Å²) in [6, 6.07) is 0.436. The molecule has 2 saturated heterocycles. The van der Waals surface area contributed by atoms with Gasteiger partial charge < -0.3 is 19.9 Å². The van der Waals surface area contributed by atoms with Crippen LogP contribution < -0.4 is 5.32 Å². The maximum atomic E-state index is 12.6. The van der Waals surface area contributed by atoms with Gasteiger partial charge in [-0.15, -0.1) is 0 Å². The molecule has 0 aromatic rings. The van der Waals surface area contributed by atoms with Crippen molar-refractivity contribution in [3.05, 3.63) is 0 Å². The van der Waals surface area contributed by atoms with Gasteiger partial charge in [0.25, 0.3) is 0 Å². The Kier molecular flexibility index (Phi) is 5.47. The van der Waals surface area contributed by atoms with E-state index in [1.165, 1.54) is 32.1 Å². The second-order valence-electron chi connectivity index (χ2n) is 8.09. The highest BCUT2D eigenvalue weighted by molar-refractivity contribution is 5.74. The lowest BCUT2D eigenvalue weighted by Gasteiger charge is -2.43. The fourth-order valence-electron chi connectivity index (χ4n) is 4.64. The zero-order chi connectivity index (χ0) is 16.3. The molecule has 3 aliphatic rings. The number of nitrogens with one attached hydrogen (secondary N) is 1. The molecule has 5 nitrogen and oxygen atoms in total. The molecule has 5 heteroatoms. The number of carbonyl (C=O) groups excluding carboxylic acids is 1. The SMILES string of the molecule is CN(C)C[C@@H]1CCN(C(=O)N[C@H]2CCOC3(CCCCC3)C2)C1. The molecule has 2 amide bonds. The Morgan fingerprint density at radius 1 is 1.26 bits per heavy atom. The van der Waals surface area contributed by atoms with Crippen molar-refractivity contribution in [1.82, 2.24) is 15.1 Å². The van der Waals surface area contributed by atoms with E-state index in [1.54, 1.807) is 0 Å². The lowest BCUT2D eigenvalue weighted by molar-refractivity contribution is -0.108. The van der Waals surface area contributed by atoms with Crippen LogP contribution in [0.4, 0.5) is 4.79 Å². The predicted molar refractivity (Wildman–Crippen MR) is 91.6 cm³/mol. The summed E-state index contributed by atoms with van der Waals surface area (Å²) >= 11 is 0. The van der Waals surface area contributed by atoms with Crippen molar-refractivity contribution in [3.8, 4) is 0 Å². The van der Waals surface area contributed by atoms with Crippen molar-refractivity contribution < 1.29 is 9.53 Å². The van der Waals surface area contributed by atoms with Crippen molar-refractivity contribution in [2.45, 2.75) is 63.0 Å². The summed E-state index contributed by atoms with van der Waals surface area (Å²) < 4.78 is 6.13. The molecule has 0 radical (unpaired) electrons. The highest BCUT2D eigenvalue weighted by Gasteiger charge is 2.39. The van der Waals surface area contributed by atoms with Crippen LogP contribution in [0, 0.1) is 5.92 Å². The van der Waals surface area contributed by atoms with Gasteiger partial charge in [-0.3, -0.25) is 0 Å². The van der Waals surface area contributed by atoms with Gasteiger partial charge in [0.1, 0.15) is 0 Å². The summed E-state index contributed by atoms with van der Waals surface area (Å²) in [6.45, 7) is 3.68. The zero-order valence-corrected chi connectivity index (χ0v) is 14.9. The molecule has 0 bridgehead atoms. The number of hydrogen-bond acceptors (Lipinski definition) is 3. The number of carbonyl (C=O) groups is 1. The van der Waals surface area contributed by atoms with Crippen LogP contribution in [0.1, 0.15) is 51.4 Å². The van der Waals surface area contributed by atoms with Crippen LogP contribution in [-0.4, -0.2) is 67.8 Å². The molecule has 1 aliphatic carbocycles. The zero-order valence-electron chi connectivity index (χ0n) is 14.9. The Morgan fingerprint density at radius 2 is 2.04 bits per heavy atom. The largest absolute Gasteiger partial charge is 0.375 e. The van der Waals surface area contributed by atoms with E-state index >= 15 is 0 Å². The van der Waals surface area contributed by atoms with Crippen LogP contribution >= 0.6 is 0 Å². The molecule has 1 N–H and O–H groups in total. The first-order valence-corrected chi connectivity index (χ1v) is 9.40. The smallest absolute Gasteiger partial charge is 0.317 e. The number of likely N-dealkylation sites (tertiary alicyclic amines) is 1. The summed E-state index contributed by atoms with van der Waals surface area (Å²) in [6.07, 6.45) is 9.34. The number of rotatable bonds is 3. The van der Waals surface area contributed by atoms with E-state index in [9.17, 15) is 4.79 Å². The van der Waals surface area contributed by atoms with Crippen LogP contribution in [0.3, 0.4) is 0 Å². The fraction of sp³-hybridized carbons (Fsp3) is 0.944. The third kappa shape index (κ3) is 4.38. The third-order valence-corrected chi connectivity index (χ3v) is 5.78. The summed E-state index contributed by atoms with van der Waals surface area (Å²) in [5.41, 5.74) is 0.0624. The van der Waals surface area contributed by atoms with Gasteiger partial charge >= 0.3 is 6.03 Å². The van der Waals surface area contributed by atoms with Gasteiger partial charge in [-0.1, -0.05) is 19.3 Å². The Labute approximate surface area is 140 Å². The summed E-state index contributed by atoms with van der Waals surface area (Å²) in [5, 5.41) is 3.30. The second kappa shape index (κ2) is 7.39. The van der Waals surface area contributed by atoms with Crippen LogP contribution in [0.2, 0.25) is 0 Å². The van der Waals surface area contributed by atoms with E-state index in [1.807, 2.05) is 4.90 Å². The van der Waals surface area contributed by atoms with E-state index in [0.29, 0.717) is 12.0 Å². The lowest BCUT2D eigenvalue weighted by Crippen LogP contribution is -2.52. The molecular formula is C18H33N3O2. The number of hydrogen-bond donors (Lipinski definition) is 1. The number of urea groups is 1. The molecule has 23 heavy (non-hydrogen) atoms. The van der Waals surface area contributed by atoms with Gasteiger partial charge in [-0.05, 0) is 52.1 Å². The highest BCUT2D eigenvalue weighted by atomic mass is 16.5. The molecule has 2 atom stereocenters. The Hall–Kier alpha value is -0.810. The first-order chi connectivity index (χ1) is 11.1. The Balaban J connectivity index is 1.48. The molecule has 2 heterocycles. The lowest BCUT2D eigenvalue weighted by atomic mass is 9.78. The van der Waals surface area contributed by atoms with E-state index in [2.05, 4.69) is 24.3 Å². The van der Waals surface area contributed by atoms with E-state index in [-0.39, 0.29) is 11.6 Å². The molecule has 1 spiro atoms. The number of amides is 2. The van der Waals surface area contributed by atoms with E-state index in [4.69, 9.17) is 4.74 Å². The van der Waals surface area contributed by atoms with Gasteiger partial charge in [-0.2, -0.15) is 0 Å². The Bertz CT molecular complexity index is 402. The van der Waals surface area contributed by atoms with Crippen LogP contribution in [-0.2, 0) is 4.74 Å². The van der Waals surface area contributed by atoms with Crippen molar-refractivity contribution >= 4 is 6.03 Å². The maximum Gasteiger partial charge on any atom is 0.317 e. The predicted octanol–water partition coefficient (Wildman–Crippen LogP) is 2.46. The van der Waals surface area contributed by atoms with Crippen molar-refractivity contribution in [1.29, 1.82) is 0 Å². The number of nitrogens with zero attached hydrogens (tertiary/aromatic N) is 2. The molecule has 2 aliphatic heterocycles. The normalized spacial score (nSPS) is 30.8. The minimum Gasteiger partial charge on any atom is -0.375 e. The van der Waals surface area contributed by atoms with Crippen LogP contribution in [0.5, 0.6) is 0 Å². The molecular weight excluding hydrogens is 290 g/mol. The van der Waals surface area contributed by atoms with Crippen LogP contribution in [0.15, 0.2) is 0 Å². The second-order valence-corrected chi connectivity index (χ2v) is 8.09. The molecule has 1 saturated carbocycles. The third-order valence-electron chi connectivity index (χ3n) is 5.78. The van der Waals surface area contributed by atoms with Gasteiger partial charge in [0.15, 0.2) is 0 Å². The van der Waals surface area contributed by atoms with Gasteiger partial charge in [0, 0.05) is 32.3 Å². The molecule has 3 fully saturated rings. The van der Waals surface area contributed by atoms with Crippen molar-refractivity contribution in [3.63, 3.8) is 0 Å². The molecule has 0 unspecified atom stereocenters. The average molecular weight is 323 g/mol. The summed E-state index contributed by atoms with van der Waals surface area (Å²) in [4.78, 5) is 16.8. The monoisotopic (exact) mass is 323 g/mol. The fourth-order valence-corrected chi connectivity index (χ4v) is 4.64. The first-order valence-electron chi connectivity index (χ1n) is 9.40. The van der Waals surface area contributed by atoms with Crippen molar-refractivity contribution in [2.24, 2.45) is 5.92 Å². The quantitative estimate of drug-likeness (QED) is 0.868. The van der Waals surface area contributed by atoms with E-state index < -0.39 is 0 Å². The molecule has 132 valence electrons. The minimum absolute atomic E-state index is 0.0624. The maximum absolute atomic E-state index is 12.6. The topological polar surface area (TPSA) is 44.8 Å². The minimum atomic E-state index is 0.0624. The van der Waals surface area contributed by atoms with E-state index in [0.717, 1.165) is 45.5 Å². The first kappa shape index (κ1) is 17.0. The molecule has 3 rings (SSSR count). The van der Waals surface area contributed by atoms with Crippen molar-refractivity contribution in [2.75, 3.05) is 40.3 Å². The van der Waals surface area contributed by atoms with Gasteiger partial charge in [0.2, 0.25) is 0 Å². The van der Waals surface area contributed by atoms with Gasteiger partial charge in [0.05, 0.1) is 5.60 Å². The molecule has 0 aromatic carbocycles. The number of ether oxygens (including phenoxy) is 1. The summed E-state index contributed by atoms with van der Waals surface area (Å²) in [7, 11) is 4.21. The molecule has 0 aromatic heterocycles. The highest BCUT2D eigenvalue weighted by Crippen LogP contribution is 2.38. The average Bonchev–Trinajstić information content (AvgIpc) is 2.96. The van der Waals surface area contributed by atoms with Crippen LogP contribution in [0.25, 0.3) is 0 Å². The van der Waals surface area contributed by atoms with Gasteiger partial charge in [-0.25, -0.2) is 4.79 Å². The Morgan fingerprint density at radius 3 is 2.78 bits per heavy atom. The summed E-state index contributed by atoms with van der Waals surface area (Å²) in [5.74, 6) is 0.620.